The number of rotatable bonds is 8. The molecule has 0 bridgehead atoms. The van der Waals surface area contributed by atoms with Gasteiger partial charge in [-0.3, -0.25) is 4.79 Å². The van der Waals surface area contributed by atoms with E-state index in [0.717, 1.165) is 4.31 Å². The Balaban J connectivity index is 1.95. The molecule has 0 unspecified atom stereocenters. The minimum atomic E-state index is -4.21. The summed E-state index contributed by atoms with van der Waals surface area (Å²) in [5, 5.41) is 2.62. The van der Waals surface area contributed by atoms with Gasteiger partial charge in [0.1, 0.15) is 16.5 Å². The highest BCUT2D eigenvalue weighted by Crippen LogP contribution is 2.30. The highest BCUT2D eigenvalue weighted by Gasteiger charge is 2.30. The fraction of sp³-hybridized carbons (Fsp3) is 0.136. The smallest absolute Gasteiger partial charge is 0.247 e. The molecule has 3 aromatic carbocycles. The Morgan fingerprint density at radius 1 is 1.12 bits per heavy atom. The molecule has 0 spiro atoms. The molecule has 3 aromatic rings. The molecule has 1 N–H and O–H groups in total. The summed E-state index contributed by atoms with van der Waals surface area (Å²) in [6.45, 7) is -0.641. The highest BCUT2D eigenvalue weighted by molar-refractivity contribution is 9.10. The molecule has 0 saturated carbocycles. The second-order valence-electron chi connectivity index (χ2n) is 6.73. The van der Waals surface area contributed by atoms with Crippen molar-refractivity contribution in [1.82, 2.24) is 4.31 Å². The average Bonchev–Trinajstić information content (AvgIpc) is 2.76. The molecular formula is C22H19BrClFN2O4S. The van der Waals surface area contributed by atoms with E-state index in [1.807, 2.05) is 0 Å². The Labute approximate surface area is 199 Å². The molecule has 168 valence electrons. The van der Waals surface area contributed by atoms with Gasteiger partial charge in [-0.25, -0.2) is 12.8 Å². The molecule has 1 amide bonds. The zero-order valence-corrected chi connectivity index (χ0v) is 20.0. The number of ether oxygens (including phenoxy) is 1. The van der Waals surface area contributed by atoms with Crippen LogP contribution >= 0.6 is 27.5 Å². The van der Waals surface area contributed by atoms with E-state index in [1.54, 1.807) is 36.4 Å². The molecular weight excluding hydrogens is 523 g/mol. The predicted molar refractivity (Wildman–Crippen MR) is 125 cm³/mol. The minimum absolute atomic E-state index is 0.0596. The largest absolute Gasteiger partial charge is 0.495 e. The lowest BCUT2D eigenvalue weighted by Crippen LogP contribution is -2.37. The van der Waals surface area contributed by atoms with Crippen LogP contribution < -0.4 is 10.1 Å². The predicted octanol–water partition coefficient (Wildman–Crippen LogP) is 5.08. The van der Waals surface area contributed by atoms with Crippen molar-refractivity contribution in [1.29, 1.82) is 0 Å². The van der Waals surface area contributed by atoms with E-state index in [2.05, 4.69) is 21.2 Å². The van der Waals surface area contributed by atoms with Gasteiger partial charge in [0.2, 0.25) is 15.9 Å². The van der Waals surface area contributed by atoms with Crippen LogP contribution in [0.1, 0.15) is 5.56 Å². The molecule has 0 saturated heterocycles. The lowest BCUT2D eigenvalue weighted by Gasteiger charge is -2.23. The van der Waals surface area contributed by atoms with Crippen molar-refractivity contribution in [2.45, 2.75) is 11.4 Å². The number of hydrogen-bond donors (Lipinski definition) is 1. The van der Waals surface area contributed by atoms with Crippen LogP contribution in [0.5, 0.6) is 5.75 Å². The Morgan fingerprint density at radius 3 is 2.50 bits per heavy atom. The number of methoxy groups -OCH3 is 1. The average molecular weight is 542 g/mol. The second-order valence-corrected chi connectivity index (χ2v) is 9.98. The van der Waals surface area contributed by atoms with Crippen LogP contribution in [0.4, 0.5) is 10.1 Å². The molecule has 0 aliphatic carbocycles. The molecule has 0 heterocycles. The van der Waals surface area contributed by atoms with Crippen molar-refractivity contribution in [2.75, 3.05) is 19.0 Å². The normalized spacial score (nSPS) is 11.4. The number of nitrogens with one attached hydrogen (secondary N) is 1. The number of carbonyl (C=O) groups is 1. The van der Waals surface area contributed by atoms with Crippen molar-refractivity contribution in [3.63, 3.8) is 0 Å². The maximum absolute atomic E-state index is 14.1. The van der Waals surface area contributed by atoms with Crippen molar-refractivity contribution in [3.8, 4) is 5.75 Å². The van der Waals surface area contributed by atoms with Crippen LogP contribution in [0.3, 0.4) is 0 Å². The fourth-order valence-corrected chi connectivity index (χ4v) is 5.08. The van der Waals surface area contributed by atoms with E-state index in [0.29, 0.717) is 10.0 Å². The van der Waals surface area contributed by atoms with Crippen molar-refractivity contribution in [3.05, 3.63) is 87.6 Å². The SMILES string of the molecule is COc1ccc(Cl)cc1S(=O)(=O)N(CC(=O)Nc1ccc(Br)cc1F)Cc1ccccc1. The van der Waals surface area contributed by atoms with Gasteiger partial charge >= 0.3 is 0 Å². The maximum Gasteiger partial charge on any atom is 0.247 e. The number of nitrogens with zero attached hydrogens (tertiary/aromatic N) is 1. The second kappa shape index (κ2) is 10.4. The third-order valence-corrected chi connectivity index (χ3v) is 7.01. The Bertz CT molecular complexity index is 1230. The van der Waals surface area contributed by atoms with Crippen LogP contribution in [0.15, 0.2) is 76.1 Å². The zero-order valence-electron chi connectivity index (χ0n) is 16.9. The summed E-state index contributed by atoms with van der Waals surface area (Å²) in [5.41, 5.74) is 0.607. The van der Waals surface area contributed by atoms with Crippen molar-refractivity contribution in [2.24, 2.45) is 0 Å². The number of hydrogen-bond acceptors (Lipinski definition) is 4. The van der Waals surface area contributed by atoms with Gasteiger partial charge < -0.3 is 10.1 Å². The van der Waals surface area contributed by atoms with Gasteiger partial charge in [0, 0.05) is 16.0 Å². The van der Waals surface area contributed by atoms with E-state index >= 15 is 0 Å². The standard InChI is InChI=1S/C22H19BrClFN2O4S/c1-31-20-10-8-17(24)12-21(20)32(29,30)27(13-15-5-3-2-4-6-15)14-22(28)26-19-9-7-16(23)11-18(19)25/h2-12H,13-14H2,1H3,(H,26,28). The summed E-state index contributed by atoms with van der Waals surface area (Å²) in [6.07, 6.45) is 0. The monoisotopic (exact) mass is 540 g/mol. The number of carbonyl (C=O) groups excluding carboxylic acids is 1. The molecule has 0 aromatic heterocycles. The number of amides is 1. The first-order valence-electron chi connectivity index (χ1n) is 9.33. The number of sulfonamides is 1. The molecule has 3 rings (SSSR count). The molecule has 0 fully saturated rings. The molecule has 32 heavy (non-hydrogen) atoms. The molecule has 0 aliphatic rings. The first-order chi connectivity index (χ1) is 15.2. The molecule has 0 atom stereocenters. The highest BCUT2D eigenvalue weighted by atomic mass is 79.9. The van der Waals surface area contributed by atoms with E-state index in [4.69, 9.17) is 16.3 Å². The quantitative estimate of drug-likeness (QED) is 0.432. The van der Waals surface area contributed by atoms with Crippen LogP contribution in [0.25, 0.3) is 0 Å². The lowest BCUT2D eigenvalue weighted by molar-refractivity contribution is -0.116. The van der Waals surface area contributed by atoms with Crippen LogP contribution in [-0.2, 0) is 21.4 Å². The van der Waals surface area contributed by atoms with Crippen LogP contribution in [0.2, 0.25) is 5.02 Å². The summed E-state index contributed by atoms with van der Waals surface area (Å²) >= 11 is 9.17. The Morgan fingerprint density at radius 2 is 1.84 bits per heavy atom. The first kappa shape index (κ1) is 24.2. The summed E-state index contributed by atoms with van der Waals surface area (Å²) in [6, 6.07) is 17.2. The third kappa shape index (κ3) is 5.86. The van der Waals surface area contributed by atoms with Crippen molar-refractivity contribution >= 4 is 49.1 Å². The summed E-state index contributed by atoms with van der Waals surface area (Å²) < 4.78 is 47.8. The molecule has 6 nitrogen and oxygen atoms in total. The first-order valence-corrected chi connectivity index (χ1v) is 11.9. The van der Waals surface area contributed by atoms with Gasteiger partial charge in [-0.1, -0.05) is 57.9 Å². The van der Waals surface area contributed by atoms with Gasteiger partial charge in [0.05, 0.1) is 19.3 Å². The van der Waals surface area contributed by atoms with Crippen molar-refractivity contribution < 1.29 is 22.3 Å². The maximum atomic E-state index is 14.1. The zero-order chi connectivity index (χ0) is 23.3. The summed E-state index contributed by atoms with van der Waals surface area (Å²) in [5.74, 6) is -1.26. The minimum Gasteiger partial charge on any atom is -0.495 e. The number of halogens is 3. The van der Waals surface area contributed by atoms with E-state index in [1.165, 1.54) is 37.4 Å². The Kier molecular flexibility index (Phi) is 7.89. The van der Waals surface area contributed by atoms with E-state index < -0.39 is 28.3 Å². The third-order valence-electron chi connectivity index (χ3n) is 4.47. The van der Waals surface area contributed by atoms with Crippen LogP contribution in [0, 0.1) is 5.82 Å². The van der Waals surface area contributed by atoms with Gasteiger partial charge in [0.15, 0.2) is 0 Å². The molecule has 10 heteroatoms. The summed E-state index contributed by atoms with van der Waals surface area (Å²) in [7, 11) is -2.87. The van der Waals surface area contributed by atoms with Crippen LogP contribution in [-0.4, -0.2) is 32.3 Å². The lowest BCUT2D eigenvalue weighted by atomic mass is 10.2. The van der Waals surface area contributed by atoms with Gasteiger partial charge in [-0.15, -0.1) is 0 Å². The summed E-state index contributed by atoms with van der Waals surface area (Å²) in [4.78, 5) is 12.5. The van der Waals surface area contributed by atoms with Gasteiger partial charge in [-0.05, 0) is 42.0 Å². The Hall–Kier alpha value is -2.46. The topological polar surface area (TPSA) is 75.7 Å². The fourth-order valence-electron chi connectivity index (χ4n) is 2.94. The van der Waals surface area contributed by atoms with Gasteiger partial charge in [0.25, 0.3) is 0 Å². The molecule has 0 radical (unpaired) electrons. The number of benzene rings is 3. The van der Waals surface area contributed by atoms with E-state index in [-0.39, 0.29) is 27.9 Å². The number of anilines is 1. The molecule has 0 aliphatic heterocycles. The van der Waals surface area contributed by atoms with Gasteiger partial charge in [-0.2, -0.15) is 4.31 Å². The van der Waals surface area contributed by atoms with E-state index in [9.17, 15) is 17.6 Å².